The molecule has 0 radical (unpaired) electrons. The summed E-state index contributed by atoms with van der Waals surface area (Å²) in [6.45, 7) is 1.96. The van der Waals surface area contributed by atoms with E-state index in [1.807, 2.05) is 6.92 Å². The number of carbonyl (C=O) groups excluding carboxylic acids is 2. The van der Waals surface area contributed by atoms with E-state index in [4.69, 9.17) is 23.2 Å². The lowest BCUT2D eigenvalue weighted by molar-refractivity contribution is -0.121. The Kier molecular flexibility index (Phi) is 4.20. The molecular formula is C12H11Cl2NO2S. The summed E-state index contributed by atoms with van der Waals surface area (Å²) in [7, 11) is 0. The molecule has 1 heterocycles. The van der Waals surface area contributed by atoms with Gasteiger partial charge in [-0.1, -0.05) is 36.2 Å². The third-order valence-electron chi connectivity index (χ3n) is 2.65. The molecule has 1 saturated heterocycles. The SMILES string of the molecule is CCS[C@@H]1CC(=O)N(c2cccc(Cl)c2Cl)C1=O. The van der Waals surface area contributed by atoms with Gasteiger partial charge in [0.05, 0.1) is 21.0 Å². The van der Waals surface area contributed by atoms with Crippen LogP contribution in [0.5, 0.6) is 0 Å². The Morgan fingerprint density at radius 1 is 1.39 bits per heavy atom. The van der Waals surface area contributed by atoms with Gasteiger partial charge in [-0.15, -0.1) is 11.8 Å². The number of rotatable bonds is 3. The molecule has 0 bridgehead atoms. The highest BCUT2D eigenvalue weighted by Gasteiger charge is 2.40. The zero-order valence-corrected chi connectivity index (χ0v) is 12.0. The van der Waals surface area contributed by atoms with Gasteiger partial charge in [-0.2, -0.15) is 0 Å². The van der Waals surface area contributed by atoms with Crippen molar-refractivity contribution in [1.82, 2.24) is 0 Å². The first-order valence-electron chi connectivity index (χ1n) is 5.48. The molecule has 2 rings (SSSR count). The van der Waals surface area contributed by atoms with E-state index in [0.717, 1.165) is 10.7 Å². The number of thioether (sulfide) groups is 1. The predicted molar refractivity (Wildman–Crippen MR) is 75.5 cm³/mol. The molecule has 1 fully saturated rings. The molecule has 6 heteroatoms. The lowest BCUT2D eigenvalue weighted by atomic mass is 10.3. The Balaban J connectivity index is 2.36. The van der Waals surface area contributed by atoms with Gasteiger partial charge in [0, 0.05) is 6.42 Å². The molecule has 1 atom stereocenters. The summed E-state index contributed by atoms with van der Waals surface area (Å²) in [6, 6.07) is 4.92. The monoisotopic (exact) mass is 303 g/mol. The molecular weight excluding hydrogens is 293 g/mol. The summed E-state index contributed by atoms with van der Waals surface area (Å²) < 4.78 is 0. The second kappa shape index (κ2) is 5.51. The molecule has 0 spiro atoms. The van der Waals surface area contributed by atoms with Crippen molar-refractivity contribution in [3.05, 3.63) is 28.2 Å². The van der Waals surface area contributed by atoms with Gasteiger partial charge in [0.15, 0.2) is 0 Å². The van der Waals surface area contributed by atoms with E-state index in [1.54, 1.807) is 18.2 Å². The number of benzene rings is 1. The lowest BCUT2D eigenvalue weighted by Gasteiger charge is -2.16. The van der Waals surface area contributed by atoms with Gasteiger partial charge in [0.25, 0.3) is 0 Å². The fraction of sp³-hybridized carbons (Fsp3) is 0.333. The molecule has 0 aliphatic carbocycles. The maximum Gasteiger partial charge on any atom is 0.247 e. The Morgan fingerprint density at radius 2 is 2.11 bits per heavy atom. The number of anilines is 1. The highest BCUT2D eigenvalue weighted by atomic mass is 35.5. The molecule has 1 aliphatic heterocycles. The van der Waals surface area contributed by atoms with Crippen LogP contribution in [0.2, 0.25) is 10.0 Å². The average molecular weight is 304 g/mol. The third-order valence-corrected chi connectivity index (χ3v) is 4.56. The third kappa shape index (κ3) is 2.37. The fourth-order valence-corrected chi connectivity index (χ4v) is 3.14. The summed E-state index contributed by atoms with van der Waals surface area (Å²) in [5, 5.41) is 0.266. The minimum atomic E-state index is -0.308. The Morgan fingerprint density at radius 3 is 2.78 bits per heavy atom. The van der Waals surface area contributed by atoms with Gasteiger partial charge in [0.1, 0.15) is 0 Å². The summed E-state index contributed by atoms with van der Waals surface area (Å²) in [4.78, 5) is 25.2. The van der Waals surface area contributed by atoms with Crippen LogP contribution in [-0.4, -0.2) is 22.8 Å². The lowest BCUT2D eigenvalue weighted by Crippen LogP contribution is -2.31. The summed E-state index contributed by atoms with van der Waals surface area (Å²) in [6.07, 6.45) is 0.222. The van der Waals surface area contributed by atoms with Crippen LogP contribution in [-0.2, 0) is 9.59 Å². The first kappa shape index (κ1) is 13.7. The van der Waals surface area contributed by atoms with Gasteiger partial charge >= 0.3 is 0 Å². The highest BCUT2D eigenvalue weighted by molar-refractivity contribution is 8.00. The van der Waals surface area contributed by atoms with Crippen molar-refractivity contribution in [2.75, 3.05) is 10.7 Å². The molecule has 3 nitrogen and oxygen atoms in total. The molecule has 18 heavy (non-hydrogen) atoms. The largest absolute Gasteiger partial charge is 0.274 e. The minimum Gasteiger partial charge on any atom is -0.274 e. The Labute approximate surface area is 119 Å². The van der Waals surface area contributed by atoms with Crippen LogP contribution < -0.4 is 4.90 Å². The Hall–Kier alpha value is -0.710. The zero-order chi connectivity index (χ0) is 13.3. The topological polar surface area (TPSA) is 37.4 Å². The second-order valence-corrected chi connectivity index (χ2v) is 6.05. The van der Waals surface area contributed by atoms with Crippen molar-refractivity contribution >= 4 is 52.5 Å². The summed E-state index contributed by atoms with van der Waals surface area (Å²) in [5.41, 5.74) is 0.373. The van der Waals surface area contributed by atoms with Crippen LogP contribution in [0.3, 0.4) is 0 Å². The number of carbonyl (C=O) groups is 2. The normalized spacial score (nSPS) is 19.7. The molecule has 0 unspecified atom stereocenters. The number of imide groups is 1. The molecule has 1 aliphatic rings. The van der Waals surface area contributed by atoms with Gasteiger partial charge in [-0.3, -0.25) is 9.59 Å². The van der Waals surface area contributed by atoms with Crippen LogP contribution in [0.1, 0.15) is 13.3 Å². The number of amides is 2. The van der Waals surface area contributed by atoms with Crippen LogP contribution in [0, 0.1) is 0 Å². The van der Waals surface area contributed by atoms with Gasteiger partial charge < -0.3 is 0 Å². The van der Waals surface area contributed by atoms with E-state index < -0.39 is 0 Å². The first-order chi connectivity index (χ1) is 8.56. The minimum absolute atomic E-state index is 0.212. The molecule has 1 aromatic rings. The molecule has 2 amide bonds. The second-order valence-electron chi connectivity index (χ2n) is 3.79. The molecule has 1 aromatic carbocycles. The zero-order valence-electron chi connectivity index (χ0n) is 9.65. The van der Waals surface area contributed by atoms with E-state index in [2.05, 4.69) is 0 Å². The van der Waals surface area contributed by atoms with Crippen LogP contribution in [0.4, 0.5) is 5.69 Å². The predicted octanol–water partition coefficient (Wildman–Crippen LogP) is 3.38. The Bertz CT molecular complexity index is 507. The van der Waals surface area contributed by atoms with E-state index >= 15 is 0 Å². The molecule has 96 valence electrons. The standard InChI is InChI=1S/C12H11Cl2NO2S/c1-2-18-9-6-10(16)15(12(9)17)8-5-3-4-7(13)11(8)14/h3-5,9H,2,6H2,1H3/t9-/m1/s1. The number of nitrogens with zero attached hydrogens (tertiary/aromatic N) is 1. The number of hydrogen-bond acceptors (Lipinski definition) is 3. The average Bonchev–Trinajstić information content (AvgIpc) is 2.60. The van der Waals surface area contributed by atoms with Crippen LogP contribution >= 0.6 is 35.0 Å². The van der Waals surface area contributed by atoms with Crippen molar-refractivity contribution in [2.45, 2.75) is 18.6 Å². The van der Waals surface area contributed by atoms with Gasteiger partial charge in [-0.25, -0.2) is 4.90 Å². The maximum absolute atomic E-state index is 12.2. The summed E-state index contributed by atoms with van der Waals surface area (Å²) >= 11 is 13.4. The van der Waals surface area contributed by atoms with E-state index in [1.165, 1.54) is 11.8 Å². The van der Waals surface area contributed by atoms with Gasteiger partial charge in [0.2, 0.25) is 11.8 Å². The molecule has 0 saturated carbocycles. The smallest absolute Gasteiger partial charge is 0.247 e. The van der Waals surface area contributed by atoms with Crippen LogP contribution in [0.15, 0.2) is 18.2 Å². The fourth-order valence-electron chi connectivity index (χ4n) is 1.85. The number of halogens is 2. The van der Waals surface area contributed by atoms with E-state index in [0.29, 0.717) is 10.7 Å². The van der Waals surface area contributed by atoms with Crippen molar-refractivity contribution in [3.63, 3.8) is 0 Å². The molecule has 0 aromatic heterocycles. The quantitative estimate of drug-likeness (QED) is 0.803. The van der Waals surface area contributed by atoms with Crippen molar-refractivity contribution < 1.29 is 9.59 Å². The van der Waals surface area contributed by atoms with E-state index in [9.17, 15) is 9.59 Å². The maximum atomic E-state index is 12.2. The van der Waals surface area contributed by atoms with Crippen molar-refractivity contribution in [3.8, 4) is 0 Å². The first-order valence-corrected chi connectivity index (χ1v) is 7.29. The van der Waals surface area contributed by atoms with Gasteiger partial charge in [-0.05, 0) is 17.9 Å². The van der Waals surface area contributed by atoms with Crippen LogP contribution in [0.25, 0.3) is 0 Å². The number of hydrogen-bond donors (Lipinski definition) is 0. The van der Waals surface area contributed by atoms with E-state index in [-0.39, 0.29) is 28.5 Å². The molecule has 0 N–H and O–H groups in total. The van der Waals surface area contributed by atoms with Crippen molar-refractivity contribution in [2.24, 2.45) is 0 Å². The summed E-state index contributed by atoms with van der Waals surface area (Å²) in [5.74, 6) is 0.354. The highest BCUT2D eigenvalue weighted by Crippen LogP contribution is 2.37. The van der Waals surface area contributed by atoms with Crippen molar-refractivity contribution in [1.29, 1.82) is 0 Å².